The van der Waals surface area contributed by atoms with E-state index >= 15 is 0 Å². The lowest BCUT2D eigenvalue weighted by Gasteiger charge is -2.04. The van der Waals surface area contributed by atoms with Crippen LogP contribution in [-0.4, -0.2) is 19.6 Å². The molecule has 0 saturated carbocycles. The van der Waals surface area contributed by atoms with Crippen molar-refractivity contribution in [2.24, 2.45) is 0 Å². The van der Waals surface area contributed by atoms with E-state index in [1.807, 2.05) is 50.2 Å². The SMILES string of the molecule is Cc1cccc(OCc2nnc(SCc3cc(=O)n4ccc(C)cc4n3)o2)c1. The Hall–Kier alpha value is -3.13. The molecule has 0 aliphatic rings. The molecule has 8 heteroatoms. The number of aromatic nitrogens is 4. The highest BCUT2D eigenvalue weighted by Crippen LogP contribution is 2.21. The van der Waals surface area contributed by atoms with Gasteiger partial charge >= 0.3 is 0 Å². The number of rotatable bonds is 6. The minimum absolute atomic E-state index is 0.113. The van der Waals surface area contributed by atoms with E-state index in [2.05, 4.69) is 15.2 Å². The molecule has 0 aliphatic heterocycles. The van der Waals surface area contributed by atoms with Crippen molar-refractivity contribution < 1.29 is 9.15 Å². The molecule has 0 spiro atoms. The van der Waals surface area contributed by atoms with Crippen LogP contribution in [-0.2, 0) is 12.4 Å². The first-order valence-corrected chi connectivity index (χ1v) is 9.69. The first-order valence-electron chi connectivity index (χ1n) is 8.70. The number of ether oxygens (including phenoxy) is 1. The minimum atomic E-state index is -0.113. The van der Waals surface area contributed by atoms with E-state index in [0.29, 0.717) is 28.2 Å². The summed E-state index contributed by atoms with van der Waals surface area (Å²) in [6.45, 7) is 4.17. The highest BCUT2D eigenvalue weighted by molar-refractivity contribution is 7.98. The van der Waals surface area contributed by atoms with Crippen LogP contribution in [0.3, 0.4) is 0 Å². The average molecular weight is 394 g/mol. The number of thioether (sulfide) groups is 1. The fourth-order valence-corrected chi connectivity index (χ4v) is 3.34. The molecule has 0 amide bonds. The molecule has 0 fully saturated rings. The molecular weight excluding hydrogens is 376 g/mol. The summed E-state index contributed by atoms with van der Waals surface area (Å²) in [4.78, 5) is 16.7. The van der Waals surface area contributed by atoms with E-state index in [1.54, 1.807) is 6.20 Å². The summed E-state index contributed by atoms with van der Waals surface area (Å²) in [5.41, 5.74) is 3.34. The van der Waals surface area contributed by atoms with Gasteiger partial charge in [-0.25, -0.2) is 4.98 Å². The molecule has 4 aromatic rings. The van der Waals surface area contributed by atoms with Crippen LogP contribution in [0.2, 0.25) is 0 Å². The van der Waals surface area contributed by atoms with E-state index < -0.39 is 0 Å². The second kappa shape index (κ2) is 7.85. The Morgan fingerprint density at radius 2 is 1.96 bits per heavy atom. The zero-order chi connectivity index (χ0) is 19.5. The number of aryl methyl sites for hydroxylation is 2. The van der Waals surface area contributed by atoms with E-state index in [0.717, 1.165) is 16.9 Å². The summed E-state index contributed by atoms with van der Waals surface area (Å²) in [6, 6.07) is 13.0. The van der Waals surface area contributed by atoms with Crippen molar-refractivity contribution in [1.29, 1.82) is 0 Å². The van der Waals surface area contributed by atoms with E-state index in [1.165, 1.54) is 22.2 Å². The Morgan fingerprint density at radius 3 is 2.82 bits per heavy atom. The molecule has 3 heterocycles. The quantitative estimate of drug-likeness (QED) is 0.462. The van der Waals surface area contributed by atoms with Crippen molar-refractivity contribution in [3.8, 4) is 5.75 Å². The molecule has 0 unspecified atom stereocenters. The monoisotopic (exact) mass is 394 g/mol. The van der Waals surface area contributed by atoms with Gasteiger partial charge in [-0.2, -0.15) is 0 Å². The number of nitrogens with zero attached hydrogens (tertiary/aromatic N) is 4. The maximum absolute atomic E-state index is 12.2. The fraction of sp³-hybridized carbons (Fsp3) is 0.200. The smallest absolute Gasteiger partial charge is 0.277 e. The number of pyridine rings is 1. The van der Waals surface area contributed by atoms with Gasteiger partial charge in [-0.3, -0.25) is 9.20 Å². The Kier molecular flexibility index (Phi) is 5.12. The van der Waals surface area contributed by atoms with Gasteiger partial charge in [0.05, 0.1) is 5.69 Å². The summed E-state index contributed by atoms with van der Waals surface area (Å²) in [7, 11) is 0. The standard InChI is InChI=1S/C20H18N4O3S/c1-13-4-3-5-16(8-13)26-11-18-22-23-20(27-18)28-12-15-10-19(25)24-7-6-14(2)9-17(24)21-15/h3-10H,11-12H2,1-2H3. The lowest BCUT2D eigenvalue weighted by molar-refractivity contribution is 0.252. The first-order chi connectivity index (χ1) is 13.6. The van der Waals surface area contributed by atoms with Gasteiger partial charge in [0, 0.05) is 18.0 Å². The molecule has 3 aromatic heterocycles. The summed E-state index contributed by atoms with van der Waals surface area (Å²) in [6.07, 6.45) is 1.73. The molecule has 0 bridgehead atoms. The Labute approximate surface area is 165 Å². The van der Waals surface area contributed by atoms with Gasteiger partial charge in [0.15, 0.2) is 6.61 Å². The van der Waals surface area contributed by atoms with Gasteiger partial charge in [0.1, 0.15) is 11.4 Å². The molecule has 7 nitrogen and oxygen atoms in total. The number of hydrogen-bond donors (Lipinski definition) is 0. The van der Waals surface area contributed by atoms with Crippen molar-refractivity contribution in [3.63, 3.8) is 0 Å². The van der Waals surface area contributed by atoms with Crippen LogP contribution >= 0.6 is 11.8 Å². The van der Waals surface area contributed by atoms with E-state index in [4.69, 9.17) is 9.15 Å². The zero-order valence-electron chi connectivity index (χ0n) is 15.5. The van der Waals surface area contributed by atoms with E-state index in [9.17, 15) is 4.79 Å². The van der Waals surface area contributed by atoms with Crippen LogP contribution < -0.4 is 10.3 Å². The van der Waals surface area contributed by atoms with Gasteiger partial charge in [-0.1, -0.05) is 23.9 Å². The third kappa shape index (κ3) is 4.23. The van der Waals surface area contributed by atoms with Crippen molar-refractivity contribution in [1.82, 2.24) is 19.6 Å². The summed E-state index contributed by atoms with van der Waals surface area (Å²) >= 11 is 1.33. The number of hydrogen-bond acceptors (Lipinski definition) is 7. The topological polar surface area (TPSA) is 82.5 Å². The fourth-order valence-electron chi connectivity index (χ4n) is 2.67. The highest BCUT2D eigenvalue weighted by atomic mass is 32.2. The van der Waals surface area contributed by atoms with Gasteiger partial charge in [-0.05, 0) is 49.2 Å². The van der Waals surface area contributed by atoms with Gasteiger partial charge in [0.2, 0.25) is 0 Å². The molecule has 0 N–H and O–H groups in total. The minimum Gasteiger partial charge on any atom is -0.484 e. The zero-order valence-corrected chi connectivity index (χ0v) is 16.3. The molecule has 0 radical (unpaired) electrons. The molecule has 4 rings (SSSR count). The number of benzene rings is 1. The molecule has 28 heavy (non-hydrogen) atoms. The third-order valence-corrected chi connectivity index (χ3v) is 4.87. The number of fused-ring (bicyclic) bond motifs is 1. The molecule has 1 aromatic carbocycles. The maximum atomic E-state index is 12.2. The summed E-state index contributed by atoms with van der Waals surface area (Å²) in [5.74, 6) is 1.61. The predicted molar refractivity (Wildman–Crippen MR) is 106 cm³/mol. The second-order valence-electron chi connectivity index (χ2n) is 6.37. The largest absolute Gasteiger partial charge is 0.484 e. The van der Waals surface area contributed by atoms with Crippen LogP contribution in [0.25, 0.3) is 5.65 Å². The third-order valence-electron chi connectivity index (χ3n) is 4.02. The van der Waals surface area contributed by atoms with Crippen LogP contribution in [0.5, 0.6) is 5.75 Å². The molecule has 0 atom stereocenters. The van der Waals surface area contributed by atoms with Crippen molar-refractivity contribution in [2.75, 3.05) is 0 Å². The average Bonchev–Trinajstić information content (AvgIpc) is 3.12. The van der Waals surface area contributed by atoms with Crippen molar-refractivity contribution in [3.05, 3.63) is 81.7 Å². The van der Waals surface area contributed by atoms with Crippen LogP contribution in [0.1, 0.15) is 22.7 Å². The second-order valence-corrected chi connectivity index (χ2v) is 7.30. The highest BCUT2D eigenvalue weighted by Gasteiger charge is 2.10. The maximum Gasteiger partial charge on any atom is 0.277 e. The van der Waals surface area contributed by atoms with Crippen LogP contribution in [0.15, 0.2) is 63.1 Å². The van der Waals surface area contributed by atoms with E-state index in [-0.39, 0.29) is 12.2 Å². The molecule has 0 aliphatic carbocycles. The van der Waals surface area contributed by atoms with Gasteiger partial charge in [0.25, 0.3) is 16.7 Å². The van der Waals surface area contributed by atoms with Crippen molar-refractivity contribution in [2.45, 2.75) is 31.4 Å². The molecular formula is C20H18N4O3S. The van der Waals surface area contributed by atoms with Crippen LogP contribution in [0.4, 0.5) is 0 Å². The Morgan fingerprint density at radius 1 is 1.11 bits per heavy atom. The Balaban J connectivity index is 1.40. The summed E-state index contributed by atoms with van der Waals surface area (Å²) in [5, 5.41) is 8.42. The molecule has 0 saturated heterocycles. The molecule has 142 valence electrons. The Bertz CT molecular complexity index is 1190. The lowest BCUT2D eigenvalue weighted by atomic mass is 10.2. The van der Waals surface area contributed by atoms with Crippen molar-refractivity contribution >= 4 is 17.4 Å². The predicted octanol–water partition coefficient (Wildman–Crippen LogP) is 3.57. The summed E-state index contributed by atoms with van der Waals surface area (Å²) < 4.78 is 12.8. The lowest BCUT2D eigenvalue weighted by Crippen LogP contribution is -2.15. The normalized spacial score (nSPS) is 11.1. The van der Waals surface area contributed by atoms with Gasteiger partial charge in [-0.15, -0.1) is 10.2 Å². The van der Waals surface area contributed by atoms with Gasteiger partial charge < -0.3 is 9.15 Å². The first kappa shape index (κ1) is 18.2. The van der Waals surface area contributed by atoms with Crippen LogP contribution in [0, 0.1) is 13.8 Å².